The maximum Gasteiger partial charge on any atom is 0.337 e. The zero-order chi connectivity index (χ0) is 16.4. The second kappa shape index (κ2) is 5.92. The molecule has 1 aromatic carbocycles. The highest BCUT2D eigenvalue weighted by Gasteiger charge is 2.14. The van der Waals surface area contributed by atoms with Crippen LogP contribution in [-0.2, 0) is 4.74 Å². The van der Waals surface area contributed by atoms with Crippen LogP contribution in [0.1, 0.15) is 26.6 Å². The third-order valence-corrected chi connectivity index (χ3v) is 3.30. The van der Waals surface area contributed by atoms with Gasteiger partial charge in [-0.2, -0.15) is 0 Å². The molecule has 0 radical (unpaired) electrons. The molecule has 0 saturated carbocycles. The molecule has 0 aliphatic rings. The monoisotopic (exact) mass is 310 g/mol. The van der Waals surface area contributed by atoms with E-state index in [9.17, 15) is 9.59 Å². The molecule has 2 heterocycles. The molecule has 3 aromatic rings. The Morgan fingerprint density at radius 1 is 1.13 bits per heavy atom. The molecule has 0 atom stereocenters. The standard InChI is InChI=1S/C17H14N2O4/c1-10-3-8-14-13(18-10)9-15(23-14)16(20)19-12-6-4-11(5-7-12)17(21)22-2/h3-9H,1-2H3,(H,19,20). The molecule has 0 bridgehead atoms. The number of furan rings is 1. The summed E-state index contributed by atoms with van der Waals surface area (Å²) in [5, 5.41) is 2.71. The van der Waals surface area contributed by atoms with Gasteiger partial charge >= 0.3 is 5.97 Å². The highest BCUT2D eigenvalue weighted by atomic mass is 16.5. The predicted octanol–water partition coefficient (Wildman–Crippen LogP) is 3.18. The zero-order valence-corrected chi connectivity index (χ0v) is 12.6. The maximum atomic E-state index is 12.2. The molecule has 6 heteroatoms. The summed E-state index contributed by atoms with van der Waals surface area (Å²) in [6.45, 7) is 1.87. The number of pyridine rings is 1. The molecule has 0 unspecified atom stereocenters. The Balaban J connectivity index is 1.78. The summed E-state index contributed by atoms with van der Waals surface area (Å²) in [6, 6.07) is 11.6. The minimum atomic E-state index is -0.429. The van der Waals surface area contributed by atoms with Crippen molar-refractivity contribution in [2.24, 2.45) is 0 Å². The van der Waals surface area contributed by atoms with Crippen LogP contribution in [0, 0.1) is 6.92 Å². The number of amides is 1. The fourth-order valence-corrected chi connectivity index (χ4v) is 2.14. The van der Waals surface area contributed by atoms with Gasteiger partial charge in [0.1, 0.15) is 5.52 Å². The molecule has 3 rings (SSSR count). The number of fused-ring (bicyclic) bond motifs is 1. The van der Waals surface area contributed by atoms with Gasteiger partial charge in [-0.15, -0.1) is 0 Å². The molecule has 0 fully saturated rings. The van der Waals surface area contributed by atoms with Crippen LogP contribution in [0.15, 0.2) is 46.9 Å². The number of methoxy groups -OCH3 is 1. The number of aromatic nitrogens is 1. The highest BCUT2D eigenvalue weighted by molar-refractivity contribution is 6.04. The summed E-state index contributed by atoms with van der Waals surface area (Å²) >= 11 is 0. The van der Waals surface area contributed by atoms with E-state index in [2.05, 4.69) is 15.0 Å². The predicted molar refractivity (Wildman–Crippen MR) is 84.5 cm³/mol. The first-order valence-electron chi connectivity index (χ1n) is 6.94. The molecule has 2 aromatic heterocycles. The number of hydrogen-bond donors (Lipinski definition) is 1. The zero-order valence-electron chi connectivity index (χ0n) is 12.6. The van der Waals surface area contributed by atoms with Crippen LogP contribution in [0.25, 0.3) is 11.1 Å². The van der Waals surface area contributed by atoms with Crippen molar-refractivity contribution >= 4 is 28.7 Å². The summed E-state index contributed by atoms with van der Waals surface area (Å²) in [7, 11) is 1.31. The second-order valence-corrected chi connectivity index (χ2v) is 4.97. The molecular formula is C17H14N2O4. The first-order chi connectivity index (χ1) is 11.1. The van der Waals surface area contributed by atoms with E-state index >= 15 is 0 Å². The van der Waals surface area contributed by atoms with E-state index in [1.165, 1.54) is 7.11 Å². The Kier molecular flexibility index (Phi) is 3.80. The quantitative estimate of drug-likeness (QED) is 0.751. The van der Waals surface area contributed by atoms with E-state index in [4.69, 9.17) is 4.42 Å². The first-order valence-corrected chi connectivity index (χ1v) is 6.94. The van der Waals surface area contributed by atoms with Crippen molar-refractivity contribution in [3.8, 4) is 0 Å². The van der Waals surface area contributed by atoms with Crippen LogP contribution in [0.5, 0.6) is 0 Å². The molecule has 0 aliphatic carbocycles. The van der Waals surface area contributed by atoms with Gasteiger partial charge < -0.3 is 14.5 Å². The van der Waals surface area contributed by atoms with Crippen LogP contribution >= 0.6 is 0 Å². The van der Waals surface area contributed by atoms with Gasteiger partial charge in [-0.3, -0.25) is 4.79 Å². The lowest BCUT2D eigenvalue weighted by atomic mass is 10.2. The normalized spacial score (nSPS) is 10.5. The fourth-order valence-electron chi connectivity index (χ4n) is 2.14. The number of hydrogen-bond acceptors (Lipinski definition) is 5. The number of benzene rings is 1. The van der Waals surface area contributed by atoms with E-state index in [-0.39, 0.29) is 11.7 Å². The van der Waals surface area contributed by atoms with Crippen molar-refractivity contribution in [3.05, 3.63) is 59.5 Å². The van der Waals surface area contributed by atoms with E-state index in [1.54, 1.807) is 36.4 Å². The van der Waals surface area contributed by atoms with Gasteiger partial charge in [0.2, 0.25) is 0 Å². The van der Waals surface area contributed by atoms with E-state index < -0.39 is 5.97 Å². The van der Waals surface area contributed by atoms with Crippen LogP contribution < -0.4 is 5.32 Å². The minimum absolute atomic E-state index is 0.176. The Hall–Kier alpha value is -3.15. The third kappa shape index (κ3) is 3.06. The van der Waals surface area contributed by atoms with E-state index in [0.29, 0.717) is 22.4 Å². The van der Waals surface area contributed by atoms with Gasteiger partial charge in [0.15, 0.2) is 11.3 Å². The van der Waals surface area contributed by atoms with Crippen molar-refractivity contribution in [1.82, 2.24) is 4.98 Å². The number of anilines is 1. The van der Waals surface area contributed by atoms with Gasteiger partial charge in [-0.05, 0) is 43.3 Å². The van der Waals surface area contributed by atoms with E-state index in [1.807, 2.05) is 13.0 Å². The van der Waals surface area contributed by atoms with Crippen molar-refractivity contribution in [2.75, 3.05) is 12.4 Å². The summed E-state index contributed by atoms with van der Waals surface area (Å²) in [5.41, 5.74) is 3.00. The smallest absolute Gasteiger partial charge is 0.337 e. The second-order valence-electron chi connectivity index (χ2n) is 4.97. The molecular weight excluding hydrogens is 296 g/mol. The van der Waals surface area contributed by atoms with Gasteiger partial charge in [-0.1, -0.05) is 0 Å². The highest BCUT2D eigenvalue weighted by Crippen LogP contribution is 2.19. The Bertz CT molecular complexity index is 881. The van der Waals surface area contributed by atoms with Crippen LogP contribution in [0.2, 0.25) is 0 Å². The Morgan fingerprint density at radius 3 is 2.57 bits per heavy atom. The summed E-state index contributed by atoms with van der Waals surface area (Å²) in [4.78, 5) is 27.9. The van der Waals surface area contributed by atoms with Gasteiger partial charge in [0.05, 0.1) is 12.7 Å². The van der Waals surface area contributed by atoms with Crippen molar-refractivity contribution in [2.45, 2.75) is 6.92 Å². The SMILES string of the molecule is COC(=O)c1ccc(NC(=O)c2cc3nc(C)ccc3o2)cc1. The number of carbonyl (C=O) groups excluding carboxylic acids is 2. The minimum Gasteiger partial charge on any atom is -0.465 e. The lowest BCUT2D eigenvalue weighted by molar-refractivity contribution is 0.0600. The lowest BCUT2D eigenvalue weighted by Gasteiger charge is -2.04. The number of nitrogens with zero attached hydrogens (tertiary/aromatic N) is 1. The molecule has 0 spiro atoms. The van der Waals surface area contributed by atoms with Gasteiger partial charge in [0, 0.05) is 17.4 Å². The number of rotatable bonds is 3. The molecule has 6 nitrogen and oxygen atoms in total. The number of nitrogens with one attached hydrogen (secondary N) is 1. The van der Waals surface area contributed by atoms with Crippen molar-refractivity contribution in [3.63, 3.8) is 0 Å². The van der Waals surface area contributed by atoms with Crippen LogP contribution in [0.4, 0.5) is 5.69 Å². The summed E-state index contributed by atoms with van der Waals surface area (Å²) < 4.78 is 10.1. The largest absolute Gasteiger partial charge is 0.465 e. The molecule has 0 aliphatic heterocycles. The summed E-state index contributed by atoms with van der Waals surface area (Å²) in [5.74, 6) is -0.636. The third-order valence-electron chi connectivity index (χ3n) is 3.30. The van der Waals surface area contributed by atoms with Crippen LogP contribution in [-0.4, -0.2) is 24.0 Å². The van der Waals surface area contributed by atoms with Gasteiger partial charge in [-0.25, -0.2) is 9.78 Å². The number of aryl methyl sites for hydroxylation is 1. The van der Waals surface area contributed by atoms with Crippen molar-refractivity contribution < 1.29 is 18.7 Å². The fraction of sp³-hybridized carbons (Fsp3) is 0.118. The number of ether oxygens (including phenoxy) is 1. The molecule has 1 amide bonds. The van der Waals surface area contributed by atoms with E-state index in [0.717, 1.165) is 5.69 Å². The number of esters is 1. The lowest BCUT2D eigenvalue weighted by Crippen LogP contribution is -2.11. The average Bonchev–Trinajstić information content (AvgIpc) is 2.98. The first kappa shape index (κ1) is 14.8. The van der Waals surface area contributed by atoms with Crippen molar-refractivity contribution in [1.29, 1.82) is 0 Å². The number of carbonyl (C=O) groups is 2. The molecule has 116 valence electrons. The average molecular weight is 310 g/mol. The topological polar surface area (TPSA) is 81.4 Å². The molecule has 23 heavy (non-hydrogen) atoms. The Morgan fingerprint density at radius 2 is 1.87 bits per heavy atom. The molecule has 1 N–H and O–H groups in total. The maximum absolute atomic E-state index is 12.2. The Labute approximate surface area is 132 Å². The summed E-state index contributed by atoms with van der Waals surface area (Å²) in [6.07, 6.45) is 0. The molecule has 0 saturated heterocycles. The van der Waals surface area contributed by atoms with Crippen LogP contribution in [0.3, 0.4) is 0 Å². The van der Waals surface area contributed by atoms with Gasteiger partial charge in [0.25, 0.3) is 5.91 Å².